The number of rotatable bonds is 6. The van der Waals surface area contributed by atoms with Crippen LogP contribution in [0.5, 0.6) is 0 Å². The highest BCUT2D eigenvalue weighted by Crippen LogP contribution is 2.45. The average Bonchev–Trinajstić information content (AvgIpc) is 2.48. The highest BCUT2D eigenvalue weighted by molar-refractivity contribution is 4.98. The maximum absolute atomic E-state index is 6.58. The Bertz CT molecular complexity index is 209. The van der Waals surface area contributed by atoms with Gasteiger partial charge in [-0.05, 0) is 37.0 Å². The average molecular weight is 225 g/mol. The molecule has 0 aromatic rings. The minimum absolute atomic E-state index is 0.151. The van der Waals surface area contributed by atoms with E-state index in [0.29, 0.717) is 5.41 Å². The Morgan fingerprint density at radius 3 is 2.31 bits per heavy atom. The molecular formula is C15H31N. The first-order valence-electron chi connectivity index (χ1n) is 7.20. The normalized spacial score (nSPS) is 30.6. The van der Waals surface area contributed by atoms with E-state index in [9.17, 15) is 0 Å². The van der Waals surface area contributed by atoms with E-state index in [0.717, 1.165) is 5.92 Å². The summed E-state index contributed by atoms with van der Waals surface area (Å²) in [5.74, 6) is 0.860. The molecular weight excluding hydrogens is 194 g/mol. The van der Waals surface area contributed by atoms with Gasteiger partial charge in [-0.25, -0.2) is 0 Å². The lowest BCUT2D eigenvalue weighted by Crippen LogP contribution is -2.39. The van der Waals surface area contributed by atoms with E-state index in [4.69, 9.17) is 5.73 Å². The summed E-state index contributed by atoms with van der Waals surface area (Å²) in [4.78, 5) is 0. The van der Waals surface area contributed by atoms with Gasteiger partial charge in [0.1, 0.15) is 0 Å². The van der Waals surface area contributed by atoms with Crippen LogP contribution in [0.2, 0.25) is 0 Å². The molecule has 0 bridgehead atoms. The topological polar surface area (TPSA) is 26.0 Å². The van der Waals surface area contributed by atoms with Crippen molar-refractivity contribution in [3.8, 4) is 0 Å². The van der Waals surface area contributed by atoms with Crippen molar-refractivity contribution < 1.29 is 0 Å². The fourth-order valence-corrected chi connectivity index (χ4v) is 3.41. The van der Waals surface area contributed by atoms with Crippen molar-refractivity contribution in [2.75, 3.05) is 0 Å². The summed E-state index contributed by atoms with van der Waals surface area (Å²) in [6.45, 7) is 9.34. The Morgan fingerprint density at radius 1 is 1.19 bits per heavy atom. The van der Waals surface area contributed by atoms with Gasteiger partial charge in [-0.3, -0.25) is 0 Å². The molecule has 1 fully saturated rings. The monoisotopic (exact) mass is 225 g/mol. The predicted octanol–water partition coefficient (Wildman–Crippen LogP) is 4.50. The second-order valence-corrected chi connectivity index (χ2v) is 6.82. The fourth-order valence-electron chi connectivity index (χ4n) is 3.41. The molecule has 1 aliphatic rings. The van der Waals surface area contributed by atoms with Crippen LogP contribution < -0.4 is 5.73 Å². The third kappa shape index (κ3) is 4.08. The molecule has 96 valence electrons. The molecule has 2 unspecified atom stereocenters. The molecule has 2 atom stereocenters. The van der Waals surface area contributed by atoms with Crippen LogP contribution in [0.15, 0.2) is 0 Å². The molecule has 1 aliphatic carbocycles. The lowest BCUT2D eigenvalue weighted by molar-refractivity contribution is 0.268. The number of hydrogen-bond acceptors (Lipinski definition) is 1. The number of nitrogens with two attached hydrogens (primary N) is 1. The summed E-state index contributed by atoms with van der Waals surface area (Å²) in [6.07, 6.45) is 10.4. The minimum Gasteiger partial charge on any atom is -0.325 e. The zero-order chi connectivity index (χ0) is 12.2. The van der Waals surface area contributed by atoms with E-state index in [2.05, 4.69) is 27.7 Å². The van der Waals surface area contributed by atoms with E-state index < -0.39 is 0 Å². The van der Waals surface area contributed by atoms with Crippen molar-refractivity contribution in [1.82, 2.24) is 0 Å². The molecule has 0 radical (unpaired) electrons. The fraction of sp³-hybridized carbons (Fsp3) is 1.00. The smallest absolute Gasteiger partial charge is 0.0162 e. The molecule has 0 heterocycles. The van der Waals surface area contributed by atoms with Crippen LogP contribution in [-0.4, -0.2) is 5.54 Å². The first-order valence-corrected chi connectivity index (χ1v) is 7.20. The molecule has 0 spiro atoms. The van der Waals surface area contributed by atoms with Crippen molar-refractivity contribution in [2.45, 2.75) is 84.6 Å². The van der Waals surface area contributed by atoms with Crippen LogP contribution >= 0.6 is 0 Å². The first-order chi connectivity index (χ1) is 7.41. The van der Waals surface area contributed by atoms with Crippen LogP contribution in [0.25, 0.3) is 0 Å². The van der Waals surface area contributed by atoms with Crippen LogP contribution in [0.3, 0.4) is 0 Å². The summed E-state index contributed by atoms with van der Waals surface area (Å²) < 4.78 is 0. The molecule has 1 saturated carbocycles. The lowest BCUT2D eigenvalue weighted by Gasteiger charge is -2.30. The van der Waals surface area contributed by atoms with E-state index in [-0.39, 0.29) is 5.54 Å². The first kappa shape index (κ1) is 14.0. The largest absolute Gasteiger partial charge is 0.325 e. The second-order valence-electron chi connectivity index (χ2n) is 6.82. The summed E-state index contributed by atoms with van der Waals surface area (Å²) in [7, 11) is 0. The van der Waals surface area contributed by atoms with E-state index in [1.165, 1.54) is 51.4 Å². The molecule has 0 aliphatic heterocycles. The van der Waals surface area contributed by atoms with Gasteiger partial charge in [0.15, 0.2) is 0 Å². The van der Waals surface area contributed by atoms with E-state index in [1.54, 1.807) is 0 Å². The predicted molar refractivity (Wildman–Crippen MR) is 72.5 cm³/mol. The maximum atomic E-state index is 6.58. The Kier molecular flexibility index (Phi) is 4.85. The summed E-state index contributed by atoms with van der Waals surface area (Å²) in [5, 5.41) is 0. The summed E-state index contributed by atoms with van der Waals surface area (Å²) in [6, 6.07) is 0. The third-order valence-corrected chi connectivity index (χ3v) is 4.37. The van der Waals surface area contributed by atoms with E-state index >= 15 is 0 Å². The number of hydrogen-bond donors (Lipinski definition) is 1. The molecule has 0 amide bonds. The maximum Gasteiger partial charge on any atom is 0.0162 e. The molecule has 0 aromatic carbocycles. The Morgan fingerprint density at radius 2 is 1.88 bits per heavy atom. The minimum atomic E-state index is 0.151. The van der Waals surface area contributed by atoms with Crippen LogP contribution in [0.4, 0.5) is 0 Å². The lowest BCUT2D eigenvalue weighted by atomic mass is 9.80. The molecule has 2 N–H and O–H groups in total. The van der Waals surface area contributed by atoms with Gasteiger partial charge in [-0.2, -0.15) is 0 Å². The van der Waals surface area contributed by atoms with Crippen molar-refractivity contribution in [1.29, 1.82) is 0 Å². The van der Waals surface area contributed by atoms with Crippen LogP contribution in [0.1, 0.15) is 79.1 Å². The zero-order valence-corrected chi connectivity index (χ0v) is 11.8. The van der Waals surface area contributed by atoms with Crippen molar-refractivity contribution in [2.24, 2.45) is 17.1 Å². The molecule has 0 saturated heterocycles. The quantitative estimate of drug-likeness (QED) is 0.707. The van der Waals surface area contributed by atoms with Gasteiger partial charge in [0.05, 0.1) is 0 Å². The molecule has 1 heteroatoms. The standard InChI is InChI=1S/C15H31N/c1-5-7-8-13(6-2)11-15(16)10-9-14(3,4)12-15/h13H,5-12,16H2,1-4H3. The SMILES string of the molecule is CCCCC(CC)CC1(N)CCC(C)(C)C1. The van der Waals surface area contributed by atoms with Crippen molar-refractivity contribution >= 4 is 0 Å². The van der Waals surface area contributed by atoms with Gasteiger partial charge in [0, 0.05) is 5.54 Å². The Hall–Kier alpha value is -0.0400. The van der Waals surface area contributed by atoms with Gasteiger partial charge in [0.25, 0.3) is 0 Å². The van der Waals surface area contributed by atoms with Gasteiger partial charge >= 0.3 is 0 Å². The Balaban J connectivity index is 2.45. The third-order valence-electron chi connectivity index (χ3n) is 4.37. The van der Waals surface area contributed by atoms with Crippen molar-refractivity contribution in [3.05, 3.63) is 0 Å². The molecule has 1 rings (SSSR count). The van der Waals surface area contributed by atoms with Crippen LogP contribution in [-0.2, 0) is 0 Å². The summed E-state index contributed by atoms with van der Waals surface area (Å²) >= 11 is 0. The van der Waals surface area contributed by atoms with E-state index in [1.807, 2.05) is 0 Å². The van der Waals surface area contributed by atoms with Gasteiger partial charge in [0.2, 0.25) is 0 Å². The Labute approximate surface area is 102 Å². The molecule has 16 heavy (non-hydrogen) atoms. The molecule has 1 nitrogen and oxygen atoms in total. The second kappa shape index (κ2) is 5.53. The highest BCUT2D eigenvalue weighted by atomic mass is 14.8. The zero-order valence-electron chi connectivity index (χ0n) is 11.8. The summed E-state index contributed by atoms with van der Waals surface area (Å²) in [5.41, 5.74) is 7.22. The van der Waals surface area contributed by atoms with Gasteiger partial charge < -0.3 is 5.73 Å². The van der Waals surface area contributed by atoms with Gasteiger partial charge in [-0.1, -0.05) is 53.4 Å². The molecule has 0 aromatic heterocycles. The van der Waals surface area contributed by atoms with Crippen LogP contribution in [0, 0.1) is 11.3 Å². The highest BCUT2D eigenvalue weighted by Gasteiger charge is 2.40. The van der Waals surface area contributed by atoms with Crippen molar-refractivity contribution in [3.63, 3.8) is 0 Å². The number of unbranched alkanes of at least 4 members (excludes halogenated alkanes) is 1. The van der Waals surface area contributed by atoms with Gasteiger partial charge in [-0.15, -0.1) is 0 Å².